The van der Waals surface area contributed by atoms with E-state index in [2.05, 4.69) is 30.9 Å². The third-order valence-corrected chi connectivity index (χ3v) is 6.66. The van der Waals surface area contributed by atoms with E-state index in [1.165, 1.54) is 12.0 Å². The minimum atomic E-state index is -3.46. The van der Waals surface area contributed by atoms with E-state index in [9.17, 15) is 8.42 Å². The number of amidine groups is 1. The van der Waals surface area contributed by atoms with Crippen molar-refractivity contribution in [3.8, 4) is 0 Å². The lowest BCUT2D eigenvalue weighted by Crippen LogP contribution is -2.49. The molecule has 134 valence electrons. The number of nitrogens with one attached hydrogen (secondary N) is 1. The number of benzene rings is 1. The van der Waals surface area contributed by atoms with Crippen LogP contribution in [0.4, 0.5) is 5.82 Å². The lowest BCUT2D eigenvalue weighted by atomic mass is 10.00. The van der Waals surface area contributed by atoms with Crippen molar-refractivity contribution >= 4 is 21.7 Å². The second-order valence-corrected chi connectivity index (χ2v) is 8.74. The van der Waals surface area contributed by atoms with Gasteiger partial charge >= 0.3 is 0 Å². The second kappa shape index (κ2) is 5.77. The molecular formula is C18H19N5O2S. The van der Waals surface area contributed by atoms with E-state index in [0.717, 1.165) is 37.4 Å². The molecule has 1 fully saturated rings. The first-order valence-corrected chi connectivity index (χ1v) is 10.4. The van der Waals surface area contributed by atoms with Crippen LogP contribution in [0.15, 0.2) is 40.2 Å². The molecule has 3 aliphatic rings. The normalized spacial score (nSPS) is 22.0. The van der Waals surface area contributed by atoms with Gasteiger partial charge in [-0.1, -0.05) is 12.1 Å². The highest BCUT2D eigenvalue weighted by Crippen LogP contribution is 2.28. The van der Waals surface area contributed by atoms with Gasteiger partial charge in [0.2, 0.25) is 0 Å². The van der Waals surface area contributed by atoms with E-state index in [1.54, 1.807) is 18.2 Å². The van der Waals surface area contributed by atoms with Crippen molar-refractivity contribution in [2.75, 3.05) is 24.5 Å². The molecule has 5 rings (SSSR count). The molecule has 2 aromatic rings. The zero-order valence-electron chi connectivity index (χ0n) is 14.2. The van der Waals surface area contributed by atoms with Crippen molar-refractivity contribution < 1.29 is 8.42 Å². The first-order chi connectivity index (χ1) is 12.6. The van der Waals surface area contributed by atoms with Crippen molar-refractivity contribution in [1.29, 1.82) is 0 Å². The Bertz CT molecular complexity index is 1010. The van der Waals surface area contributed by atoms with Gasteiger partial charge in [-0.3, -0.25) is 9.71 Å². The number of rotatable bonds is 3. The van der Waals surface area contributed by atoms with Crippen LogP contribution in [0.2, 0.25) is 0 Å². The number of aryl methyl sites for hydroxylation is 2. The average Bonchev–Trinajstić information content (AvgIpc) is 3.16. The largest absolute Gasteiger partial charge is 0.354 e. The number of anilines is 1. The first-order valence-electron chi connectivity index (χ1n) is 8.87. The van der Waals surface area contributed by atoms with Crippen molar-refractivity contribution in [3.05, 3.63) is 47.2 Å². The molecule has 1 aromatic carbocycles. The van der Waals surface area contributed by atoms with E-state index >= 15 is 0 Å². The number of aromatic nitrogens is 2. The lowest BCUT2D eigenvalue weighted by molar-refractivity contribution is 0.416. The van der Waals surface area contributed by atoms with Gasteiger partial charge in [-0.2, -0.15) is 5.10 Å². The third kappa shape index (κ3) is 2.56. The molecule has 2 aliphatic heterocycles. The minimum absolute atomic E-state index is 0.308. The van der Waals surface area contributed by atoms with Gasteiger partial charge < -0.3 is 4.90 Å². The average molecular weight is 369 g/mol. The molecule has 1 aliphatic carbocycles. The summed E-state index contributed by atoms with van der Waals surface area (Å²) in [4.78, 5) is 7.05. The zero-order chi connectivity index (χ0) is 17.7. The molecule has 8 heteroatoms. The monoisotopic (exact) mass is 369 g/mol. The Balaban J connectivity index is 1.25. The number of aliphatic imine (C=N–C) groups is 1. The lowest BCUT2D eigenvalue weighted by Gasteiger charge is -2.39. The highest BCUT2D eigenvalue weighted by molar-refractivity contribution is 7.90. The Morgan fingerprint density at radius 1 is 1.19 bits per heavy atom. The summed E-state index contributed by atoms with van der Waals surface area (Å²) in [6.45, 7) is 2.35. The van der Waals surface area contributed by atoms with Crippen LogP contribution in [0.3, 0.4) is 0 Å². The molecule has 0 amide bonds. The molecule has 0 unspecified atom stereocenters. The summed E-state index contributed by atoms with van der Waals surface area (Å²) in [6.07, 6.45) is 3.31. The predicted octanol–water partition coefficient (Wildman–Crippen LogP) is 1.14. The second-order valence-electron chi connectivity index (χ2n) is 7.09. The van der Waals surface area contributed by atoms with Crippen LogP contribution in [-0.2, 0) is 22.9 Å². The maximum absolute atomic E-state index is 12.1. The van der Waals surface area contributed by atoms with E-state index in [4.69, 9.17) is 0 Å². The maximum Gasteiger partial charge on any atom is 0.263 e. The van der Waals surface area contributed by atoms with Crippen LogP contribution in [0.1, 0.15) is 23.2 Å². The molecule has 7 nitrogen and oxygen atoms in total. The molecule has 0 atom stereocenters. The Hall–Kier alpha value is -2.48. The van der Waals surface area contributed by atoms with Crippen molar-refractivity contribution in [3.63, 3.8) is 0 Å². The number of nitrogens with zero attached hydrogens (tertiary/aromatic N) is 4. The van der Waals surface area contributed by atoms with Crippen LogP contribution < -0.4 is 9.62 Å². The quantitative estimate of drug-likeness (QED) is 0.877. The number of hydrogen-bond acceptors (Lipinski definition) is 6. The van der Waals surface area contributed by atoms with Gasteiger partial charge in [-0.15, -0.1) is 5.10 Å². The van der Waals surface area contributed by atoms with Crippen LogP contribution in [0, 0.1) is 5.92 Å². The molecule has 3 heterocycles. The third-order valence-electron chi connectivity index (χ3n) is 5.26. The smallest absolute Gasteiger partial charge is 0.263 e. The summed E-state index contributed by atoms with van der Waals surface area (Å²) in [5.41, 5.74) is 3.13. The Labute approximate surface area is 152 Å². The fraction of sp³-hybridized carbons (Fsp3) is 0.389. The van der Waals surface area contributed by atoms with Crippen molar-refractivity contribution in [2.24, 2.45) is 10.9 Å². The molecule has 0 radical (unpaired) electrons. The van der Waals surface area contributed by atoms with Gasteiger partial charge in [-0.25, -0.2) is 8.42 Å². The summed E-state index contributed by atoms with van der Waals surface area (Å²) < 4.78 is 26.8. The van der Waals surface area contributed by atoms with Gasteiger partial charge in [0.15, 0.2) is 5.82 Å². The molecule has 0 bridgehead atoms. The van der Waals surface area contributed by atoms with Crippen LogP contribution in [0.5, 0.6) is 0 Å². The highest BCUT2D eigenvalue weighted by Gasteiger charge is 2.32. The SMILES string of the molecule is O=S1(=O)NC(=NCC2CN(c3cc4c(nn3)CCC4)C2)c2ccccc21. The van der Waals surface area contributed by atoms with Gasteiger partial charge in [0.1, 0.15) is 5.84 Å². The Morgan fingerprint density at radius 3 is 2.92 bits per heavy atom. The fourth-order valence-corrected chi connectivity index (χ4v) is 5.07. The molecule has 26 heavy (non-hydrogen) atoms. The van der Waals surface area contributed by atoms with Crippen LogP contribution >= 0.6 is 0 Å². The van der Waals surface area contributed by atoms with Crippen LogP contribution in [-0.4, -0.2) is 44.1 Å². The molecular weight excluding hydrogens is 350 g/mol. The molecule has 0 spiro atoms. The fourth-order valence-electron chi connectivity index (χ4n) is 3.82. The molecule has 1 saturated heterocycles. The van der Waals surface area contributed by atoms with Gasteiger partial charge in [0.05, 0.1) is 10.6 Å². The van der Waals surface area contributed by atoms with Gasteiger partial charge in [0.25, 0.3) is 10.0 Å². The summed E-state index contributed by atoms with van der Waals surface area (Å²) in [5.74, 6) is 1.80. The summed E-state index contributed by atoms with van der Waals surface area (Å²) >= 11 is 0. The van der Waals surface area contributed by atoms with E-state index in [1.807, 2.05) is 6.07 Å². The predicted molar refractivity (Wildman–Crippen MR) is 97.9 cm³/mol. The molecule has 0 saturated carbocycles. The topological polar surface area (TPSA) is 87.5 Å². The minimum Gasteiger partial charge on any atom is -0.354 e. The van der Waals surface area contributed by atoms with Crippen LogP contribution in [0.25, 0.3) is 0 Å². The van der Waals surface area contributed by atoms with E-state index in [-0.39, 0.29) is 0 Å². The molecule has 1 N–H and O–H groups in total. The van der Waals surface area contributed by atoms with Crippen molar-refractivity contribution in [1.82, 2.24) is 14.9 Å². The molecule has 1 aromatic heterocycles. The summed E-state index contributed by atoms with van der Waals surface area (Å²) in [7, 11) is -3.46. The van der Waals surface area contributed by atoms with Gasteiger partial charge in [0, 0.05) is 31.1 Å². The number of fused-ring (bicyclic) bond motifs is 2. The van der Waals surface area contributed by atoms with E-state index in [0.29, 0.717) is 28.8 Å². The van der Waals surface area contributed by atoms with Gasteiger partial charge in [-0.05, 0) is 43.0 Å². The van der Waals surface area contributed by atoms with E-state index < -0.39 is 10.0 Å². The van der Waals surface area contributed by atoms with Crippen molar-refractivity contribution in [2.45, 2.75) is 24.2 Å². The Kier molecular flexibility index (Phi) is 3.49. The number of sulfonamides is 1. The number of hydrogen-bond donors (Lipinski definition) is 1. The summed E-state index contributed by atoms with van der Waals surface area (Å²) in [5, 5.41) is 8.68. The summed E-state index contributed by atoms with van der Waals surface area (Å²) in [6, 6.07) is 9.12. The Morgan fingerprint density at radius 2 is 2.04 bits per heavy atom. The standard InChI is InChI=1S/C18H19N5O2S/c24-26(25)16-7-2-1-5-14(16)18(22-26)19-9-12-10-23(11-12)17-8-13-4-3-6-15(13)20-21-17/h1-2,5,7-8,12H,3-4,6,9-11H2,(H,19,22). The maximum atomic E-state index is 12.1. The highest BCUT2D eigenvalue weighted by atomic mass is 32.2. The first kappa shape index (κ1) is 15.7. The zero-order valence-corrected chi connectivity index (χ0v) is 15.0.